The Morgan fingerprint density at radius 2 is 1.67 bits per heavy atom. The number of ether oxygens (including phenoxy) is 2. The summed E-state index contributed by atoms with van der Waals surface area (Å²) >= 11 is 0. The van der Waals surface area contributed by atoms with E-state index >= 15 is 0 Å². The first-order valence-electron chi connectivity index (χ1n) is 11.5. The van der Waals surface area contributed by atoms with E-state index in [1.807, 2.05) is 6.07 Å². The van der Waals surface area contributed by atoms with Crippen LogP contribution in [-0.4, -0.2) is 24.8 Å². The van der Waals surface area contributed by atoms with E-state index in [9.17, 15) is 9.90 Å². The molecule has 0 bridgehead atoms. The summed E-state index contributed by atoms with van der Waals surface area (Å²) in [6, 6.07) is 5.17. The van der Waals surface area contributed by atoms with Gasteiger partial charge in [0.05, 0.1) is 13.7 Å². The molecule has 0 aliphatic carbocycles. The van der Waals surface area contributed by atoms with Gasteiger partial charge in [0.15, 0.2) is 11.5 Å². The summed E-state index contributed by atoms with van der Waals surface area (Å²) in [5.74, 6) is 0.419. The maximum absolute atomic E-state index is 11.8. The molecule has 0 fully saturated rings. The molecule has 1 aromatic carbocycles. The summed E-state index contributed by atoms with van der Waals surface area (Å²) in [5.41, 5.74) is 0.970. The molecule has 30 heavy (non-hydrogen) atoms. The van der Waals surface area contributed by atoms with Gasteiger partial charge in [-0.1, -0.05) is 63.0 Å². The number of hydrogen-bond donors (Lipinski definition) is 1. The van der Waals surface area contributed by atoms with Gasteiger partial charge in [-0.05, 0) is 56.2 Å². The van der Waals surface area contributed by atoms with Crippen molar-refractivity contribution in [1.82, 2.24) is 0 Å². The molecule has 0 spiro atoms. The second-order valence-corrected chi connectivity index (χ2v) is 7.60. The third-order valence-corrected chi connectivity index (χ3v) is 4.98. The molecule has 0 saturated heterocycles. The first-order valence-corrected chi connectivity index (χ1v) is 11.5. The van der Waals surface area contributed by atoms with Crippen LogP contribution in [0.3, 0.4) is 0 Å². The molecule has 1 aromatic rings. The lowest BCUT2D eigenvalue weighted by Gasteiger charge is -2.08. The molecule has 0 aliphatic heterocycles. The van der Waals surface area contributed by atoms with Crippen LogP contribution in [0.5, 0.6) is 11.5 Å². The average Bonchev–Trinajstić information content (AvgIpc) is 2.75. The summed E-state index contributed by atoms with van der Waals surface area (Å²) < 4.78 is 10.4. The summed E-state index contributed by atoms with van der Waals surface area (Å²) in [4.78, 5) is 11.8. The Labute approximate surface area is 183 Å². The van der Waals surface area contributed by atoms with Gasteiger partial charge >= 0.3 is 5.97 Å². The van der Waals surface area contributed by atoms with Crippen molar-refractivity contribution >= 4 is 5.97 Å². The normalized spacial score (nSPS) is 11.4. The minimum absolute atomic E-state index is 0.114. The molecule has 0 aromatic heterocycles. The quantitative estimate of drug-likeness (QED) is 0.170. The van der Waals surface area contributed by atoms with Crippen LogP contribution in [0.2, 0.25) is 0 Å². The molecule has 0 heterocycles. The van der Waals surface area contributed by atoms with Crippen molar-refractivity contribution in [2.24, 2.45) is 0 Å². The maximum Gasteiger partial charge on any atom is 0.305 e. The van der Waals surface area contributed by atoms with Gasteiger partial charge in [0.25, 0.3) is 0 Å². The van der Waals surface area contributed by atoms with Gasteiger partial charge in [-0.15, -0.1) is 0 Å². The van der Waals surface area contributed by atoms with Gasteiger partial charge in [0.1, 0.15) is 0 Å². The number of benzene rings is 1. The molecule has 4 heteroatoms. The Kier molecular flexibility index (Phi) is 15.2. The Morgan fingerprint density at radius 1 is 0.967 bits per heavy atom. The van der Waals surface area contributed by atoms with Crippen LogP contribution >= 0.6 is 0 Å². The second kappa shape index (κ2) is 17.6. The average molecular weight is 417 g/mol. The van der Waals surface area contributed by atoms with Crippen LogP contribution in [0, 0.1) is 0 Å². The molecule has 0 radical (unpaired) electrons. The van der Waals surface area contributed by atoms with Crippen LogP contribution in [0.4, 0.5) is 0 Å². The zero-order valence-electron chi connectivity index (χ0n) is 18.9. The van der Waals surface area contributed by atoms with Crippen molar-refractivity contribution in [2.45, 2.75) is 84.0 Å². The lowest BCUT2D eigenvalue weighted by molar-refractivity contribution is -0.143. The predicted octanol–water partition coefficient (Wildman–Crippen LogP) is 6.91. The molecule has 0 amide bonds. The van der Waals surface area contributed by atoms with Crippen LogP contribution in [0.25, 0.3) is 0 Å². The van der Waals surface area contributed by atoms with E-state index < -0.39 is 0 Å². The van der Waals surface area contributed by atoms with E-state index in [-0.39, 0.29) is 11.7 Å². The van der Waals surface area contributed by atoms with E-state index in [1.54, 1.807) is 12.1 Å². The number of methoxy groups -OCH3 is 1. The summed E-state index contributed by atoms with van der Waals surface area (Å²) in [7, 11) is 1.52. The number of phenols is 1. The van der Waals surface area contributed by atoms with Gasteiger partial charge in [-0.25, -0.2) is 0 Å². The van der Waals surface area contributed by atoms with Gasteiger partial charge in [0, 0.05) is 12.8 Å². The van der Waals surface area contributed by atoms with E-state index in [4.69, 9.17) is 9.47 Å². The highest BCUT2D eigenvalue weighted by molar-refractivity contribution is 5.69. The number of carbonyl (C=O) groups is 1. The molecule has 168 valence electrons. The fourth-order valence-electron chi connectivity index (χ4n) is 3.14. The zero-order valence-corrected chi connectivity index (χ0v) is 18.9. The lowest BCUT2D eigenvalue weighted by atomic mass is 10.1. The van der Waals surface area contributed by atoms with E-state index in [1.165, 1.54) is 39.2 Å². The SMILES string of the molecule is CCCCC/C=C\C/C=C\CCCCCCC(=O)OCCc1ccc(O)c(OC)c1. The fraction of sp³-hybridized carbons (Fsp3) is 0.577. The van der Waals surface area contributed by atoms with Crippen LogP contribution in [0.15, 0.2) is 42.5 Å². The third-order valence-electron chi connectivity index (χ3n) is 4.98. The van der Waals surface area contributed by atoms with Crippen molar-refractivity contribution in [1.29, 1.82) is 0 Å². The highest BCUT2D eigenvalue weighted by atomic mass is 16.5. The number of aromatic hydroxyl groups is 1. The molecule has 0 unspecified atom stereocenters. The highest BCUT2D eigenvalue weighted by Gasteiger charge is 2.05. The van der Waals surface area contributed by atoms with E-state index in [0.717, 1.165) is 37.7 Å². The molecular weight excluding hydrogens is 376 g/mol. The number of unbranched alkanes of at least 4 members (excludes halogenated alkanes) is 7. The van der Waals surface area contributed by atoms with Gasteiger partial charge in [0.2, 0.25) is 0 Å². The van der Waals surface area contributed by atoms with E-state index in [0.29, 0.717) is 25.2 Å². The van der Waals surface area contributed by atoms with Crippen LogP contribution in [0.1, 0.15) is 83.1 Å². The summed E-state index contributed by atoms with van der Waals surface area (Å²) in [6.07, 6.45) is 21.7. The second-order valence-electron chi connectivity index (χ2n) is 7.60. The van der Waals surface area contributed by atoms with Gasteiger partial charge < -0.3 is 14.6 Å². The number of phenolic OH excluding ortho intramolecular Hbond substituents is 1. The molecular formula is C26H40O4. The van der Waals surface area contributed by atoms with Crippen molar-refractivity contribution in [3.05, 3.63) is 48.1 Å². The maximum atomic E-state index is 11.8. The Morgan fingerprint density at radius 3 is 2.37 bits per heavy atom. The topological polar surface area (TPSA) is 55.8 Å². The molecule has 1 rings (SSSR count). The van der Waals surface area contributed by atoms with Crippen molar-refractivity contribution in [3.63, 3.8) is 0 Å². The van der Waals surface area contributed by atoms with Crippen LogP contribution < -0.4 is 4.74 Å². The first kappa shape index (κ1) is 25.8. The number of hydrogen-bond acceptors (Lipinski definition) is 4. The smallest absolute Gasteiger partial charge is 0.305 e. The lowest BCUT2D eigenvalue weighted by Crippen LogP contribution is -2.07. The minimum atomic E-state index is -0.133. The Balaban J connectivity index is 1.96. The fourth-order valence-corrected chi connectivity index (χ4v) is 3.14. The Bertz CT molecular complexity index is 634. The van der Waals surface area contributed by atoms with Gasteiger partial charge in [-0.3, -0.25) is 4.79 Å². The number of carbonyl (C=O) groups excluding carboxylic acids is 1. The number of allylic oxidation sites excluding steroid dienone is 4. The predicted molar refractivity (Wildman–Crippen MR) is 124 cm³/mol. The van der Waals surface area contributed by atoms with Crippen LogP contribution in [-0.2, 0) is 16.0 Å². The van der Waals surface area contributed by atoms with Gasteiger partial charge in [-0.2, -0.15) is 0 Å². The van der Waals surface area contributed by atoms with Crippen molar-refractivity contribution < 1.29 is 19.4 Å². The monoisotopic (exact) mass is 416 g/mol. The molecule has 1 N–H and O–H groups in total. The summed E-state index contributed by atoms with van der Waals surface area (Å²) in [6.45, 7) is 2.59. The molecule has 0 aliphatic rings. The van der Waals surface area contributed by atoms with Crippen molar-refractivity contribution in [3.8, 4) is 11.5 Å². The van der Waals surface area contributed by atoms with Crippen molar-refractivity contribution in [2.75, 3.05) is 13.7 Å². The zero-order chi connectivity index (χ0) is 21.9. The number of esters is 1. The Hall–Kier alpha value is -2.23. The highest BCUT2D eigenvalue weighted by Crippen LogP contribution is 2.26. The number of rotatable bonds is 17. The third kappa shape index (κ3) is 13.1. The van der Waals surface area contributed by atoms with E-state index in [2.05, 4.69) is 31.2 Å². The largest absolute Gasteiger partial charge is 0.504 e. The first-order chi connectivity index (χ1) is 14.7. The standard InChI is InChI=1S/C26H40O4/c1-3-4-5-6-7-8-9-10-11-12-13-14-15-16-17-26(28)30-21-20-23-18-19-24(27)25(22-23)29-2/h7-8,10-11,18-19,22,27H,3-6,9,12-17,20-21H2,1-2H3/b8-7-,11-10-. The minimum Gasteiger partial charge on any atom is -0.504 e. The molecule has 0 atom stereocenters. The summed E-state index contributed by atoms with van der Waals surface area (Å²) in [5, 5.41) is 9.59. The molecule has 4 nitrogen and oxygen atoms in total. The molecule has 0 saturated carbocycles.